The maximum absolute atomic E-state index is 12.5. The van der Waals surface area contributed by atoms with Crippen LogP contribution in [0.25, 0.3) is 0 Å². The molecular formula is C11H10ClF3O3. The van der Waals surface area contributed by atoms with E-state index in [1.807, 2.05) is 0 Å². The monoisotopic (exact) mass is 282 g/mol. The summed E-state index contributed by atoms with van der Waals surface area (Å²) in [5.41, 5.74) is -0.942. The Morgan fingerprint density at radius 1 is 1.50 bits per heavy atom. The number of carboxylic acids is 1. The van der Waals surface area contributed by atoms with Crippen molar-refractivity contribution in [3.05, 3.63) is 28.8 Å². The number of carboxylic acid groups (broad SMARTS) is 1. The van der Waals surface area contributed by atoms with Gasteiger partial charge in [0.25, 0.3) is 0 Å². The molecule has 0 saturated heterocycles. The van der Waals surface area contributed by atoms with E-state index < -0.39 is 23.8 Å². The van der Waals surface area contributed by atoms with Crippen molar-refractivity contribution in [2.75, 3.05) is 0 Å². The normalized spacial score (nSPS) is 13.2. The van der Waals surface area contributed by atoms with Crippen molar-refractivity contribution in [3.63, 3.8) is 0 Å². The van der Waals surface area contributed by atoms with E-state index in [-0.39, 0.29) is 17.2 Å². The molecule has 1 N–H and O–H groups in total. The molecule has 0 aromatic heterocycles. The zero-order valence-electron chi connectivity index (χ0n) is 9.29. The Morgan fingerprint density at radius 3 is 2.56 bits per heavy atom. The van der Waals surface area contributed by atoms with Crippen LogP contribution in [0.2, 0.25) is 5.02 Å². The fourth-order valence-electron chi connectivity index (χ4n) is 1.23. The number of carbonyl (C=O) groups is 1. The molecular weight excluding hydrogens is 273 g/mol. The summed E-state index contributed by atoms with van der Waals surface area (Å²) in [4.78, 5) is 10.7. The lowest BCUT2D eigenvalue weighted by molar-refractivity contribution is -0.145. The Hall–Kier alpha value is -1.43. The van der Waals surface area contributed by atoms with Gasteiger partial charge in [0.2, 0.25) is 0 Å². The average molecular weight is 283 g/mol. The SMILES string of the molecule is CCC(Oc1cc(C(F)(F)F)ccc1Cl)C(=O)O. The second-order valence-electron chi connectivity index (χ2n) is 3.50. The van der Waals surface area contributed by atoms with Gasteiger partial charge in [-0.05, 0) is 24.6 Å². The molecule has 0 amide bonds. The van der Waals surface area contributed by atoms with Gasteiger partial charge in [0, 0.05) is 0 Å². The van der Waals surface area contributed by atoms with Gasteiger partial charge < -0.3 is 9.84 Å². The molecule has 1 atom stereocenters. The zero-order valence-corrected chi connectivity index (χ0v) is 10.0. The third kappa shape index (κ3) is 3.53. The molecule has 1 aromatic rings. The number of hydrogen-bond acceptors (Lipinski definition) is 2. The second kappa shape index (κ2) is 5.48. The van der Waals surface area contributed by atoms with Crippen LogP contribution in [0.15, 0.2) is 18.2 Å². The van der Waals surface area contributed by atoms with Gasteiger partial charge in [0.15, 0.2) is 6.10 Å². The van der Waals surface area contributed by atoms with Crippen LogP contribution >= 0.6 is 11.6 Å². The number of halogens is 4. The highest BCUT2D eigenvalue weighted by Gasteiger charge is 2.31. The quantitative estimate of drug-likeness (QED) is 0.918. The number of rotatable bonds is 4. The van der Waals surface area contributed by atoms with Crippen molar-refractivity contribution in [1.29, 1.82) is 0 Å². The van der Waals surface area contributed by atoms with Crippen LogP contribution in [0.3, 0.4) is 0 Å². The first kappa shape index (κ1) is 14.6. The lowest BCUT2D eigenvalue weighted by Gasteiger charge is -2.16. The molecule has 100 valence electrons. The molecule has 1 unspecified atom stereocenters. The molecule has 0 bridgehead atoms. The van der Waals surface area contributed by atoms with E-state index in [9.17, 15) is 18.0 Å². The van der Waals surface area contributed by atoms with Crippen molar-refractivity contribution >= 4 is 17.6 Å². The van der Waals surface area contributed by atoms with Crippen LogP contribution < -0.4 is 4.74 Å². The van der Waals surface area contributed by atoms with E-state index >= 15 is 0 Å². The molecule has 1 rings (SSSR count). The van der Waals surface area contributed by atoms with E-state index in [4.69, 9.17) is 21.4 Å². The highest BCUT2D eigenvalue weighted by Crippen LogP contribution is 2.35. The predicted octanol–water partition coefficient (Wildman–Crippen LogP) is 3.60. The number of ether oxygens (including phenoxy) is 1. The Morgan fingerprint density at radius 2 is 2.11 bits per heavy atom. The van der Waals surface area contributed by atoms with E-state index in [0.717, 1.165) is 12.1 Å². The predicted molar refractivity (Wildman–Crippen MR) is 58.8 cm³/mol. The van der Waals surface area contributed by atoms with Crippen molar-refractivity contribution < 1.29 is 27.8 Å². The molecule has 3 nitrogen and oxygen atoms in total. The van der Waals surface area contributed by atoms with Gasteiger partial charge in [-0.15, -0.1) is 0 Å². The molecule has 0 saturated carbocycles. The average Bonchev–Trinajstić information content (AvgIpc) is 2.25. The smallest absolute Gasteiger partial charge is 0.416 e. The topological polar surface area (TPSA) is 46.5 Å². The first-order chi connectivity index (χ1) is 8.25. The van der Waals surface area contributed by atoms with Crippen molar-refractivity contribution in [3.8, 4) is 5.75 Å². The maximum Gasteiger partial charge on any atom is 0.416 e. The summed E-state index contributed by atoms with van der Waals surface area (Å²) in [6.45, 7) is 1.54. The Labute approximate surface area is 106 Å². The standard InChI is InChI=1S/C11H10ClF3O3/c1-2-8(10(16)17)18-9-5-6(11(13,14)15)3-4-7(9)12/h3-5,8H,2H2,1H3,(H,16,17). The number of benzene rings is 1. The molecule has 0 heterocycles. The second-order valence-corrected chi connectivity index (χ2v) is 3.90. The molecule has 7 heteroatoms. The highest BCUT2D eigenvalue weighted by molar-refractivity contribution is 6.32. The lowest BCUT2D eigenvalue weighted by Crippen LogP contribution is -2.26. The van der Waals surface area contributed by atoms with Gasteiger partial charge in [0.05, 0.1) is 10.6 Å². The number of alkyl halides is 3. The van der Waals surface area contributed by atoms with E-state index in [1.54, 1.807) is 6.92 Å². The summed E-state index contributed by atoms with van der Waals surface area (Å²) < 4.78 is 42.3. The van der Waals surface area contributed by atoms with Gasteiger partial charge in [0.1, 0.15) is 5.75 Å². The molecule has 1 aromatic carbocycles. The molecule has 0 aliphatic heterocycles. The van der Waals surface area contributed by atoms with Crippen LogP contribution in [0.5, 0.6) is 5.75 Å². The van der Waals surface area contributed by atoms with Crippen molar-refractivity contribution in [2.24, 2.45) is 0 Å². The van der Waals surface area contributed by atoms with Gasteiger partial charge in [-0.3, -0.25) is 0 Å². The third-order valence-electron chi connectivity index (χ3n) is 2.17. The summed E-state index contributed by atoms with van der Waals surface area (Å²) in [5.74, 6) is -1.55. The van der Waals surface area contributed by atoms with E-state index in [2.05, 4.69) is 0 Å². The van der Waals surface area contributed by atoms with Gasteiger partial charge >= 0.3 is 12.1 Å². The molecule has 0 aliphatic carbocycles. The zero-order chi connectivity index (χ0) is 13.9. The Kier molecular flexibility index (Phi) is 4.45. The number of hydrogen-bond donors (Lipinski definition) is 1. The van der Waals surface area contributed by atoms with Gasteiger partial charge in [-0.25, -0.2) is 4.79 Å². The van der Waals surface area contributed by atoms with Crippen LogP contribution in [0, 0.1) is 0 Å². The Bertz CT molecular complexity index is 446. The summed E-state index contributed by atoms with van der Waals surface area (Å²) in [6.07, 6.45) is -5.65. The van der Waals surface area contributed by atoms with Crippen LogP contribution in [-0.4, -0.2) is 17.2 Å². The summed E-state index contributed by atoms with van der Waals surface area (Å²) in [6, 6.07) is 2.51. The van der Waals surface area contributed by atoms with Gasteiger partial charge in [-0.1, -0.05) is 18.5 Å². The van der Waals surface area contributed by atoms with Crippen molar-refractivity contribution in [1.82, 2.24) is 0 Å². The van der Waals surface area contributed by atoms with E-state index in [1.165, 1.54) is 0 Å². The third-order valence-corrected chi connectivity index (χ3v) is 2.49. The first-order valence-electron chi connectivity index (χ1n) is 5.02. The minimum absolute atomic E-state index is 0.0669. The van der Waals surface area contributed by atoms with Crippen molar-refractivity contribution in [2.45, 2.75) is 25.6 Å². The Balaban J connectivity index is 3.05. The van der Waals surface area contributed by atoms with E-state index in [0.29, 0.717) is 6.07 Å². The summed E-state index contributed by atoms with van der Waals surface area (Å²) >= 11 is 5.67. The van der Waals surface area contributed by atoms with Crippen LogP contribution in [0.1, 0.15) is 18.9 Å². The molecule has 0 aliphatic rings. The highest BCUT2D eigenvalue weighted by atomic mass is 35.5. The minimum atomic E-state index is -4.53. The fraction of sp³-hybridized carbons (Fsp3) is 0.364. The molecule has 18 heavy (non-hydrogen) atoms. The fourth-order valence-corrected chi connectivity index (χ4v) is 1.39. The molecule has 0 fully saturated rings. The maximum atomic E-state index is 12.5. The lowest BCUT2D eigenvalue weighted by atomic mass is 10.2. The molecule has 0 radical (unpaired) electrons. The van der Waals surface area contributed by atoms with Crippen LogP contribution in [-0.2, 0) is 11.0 Å². The number of aliphatic carboxylic acids is 1. The summed E-state index contributed by atoms with van der Waals surface area (Å²) in [5, 5.41) is 8.70. The first-order valence-corrected chi connectivity index (χ1v) is 5.39. The molecule has 0 spiro atoms. The minimum Gasteiger partial charge on any atom is -0.479 e. The van der Waals surface area contributed by atoms with Crippen LogP contribution in [0.4, 0.5) is 13.2 Å². The van der Waals surface area contributed by atoms with Gasteiger partial charge in [-0.2, -0.15) is 13.2 Å². The summed E-state index contributed by atoms with van der Waals surface area (Å²) in [7, 11) is 0. The largest absolute Gasteiger partial charge is 0.479 e.